The summed E-state index contributed by atoms with van der Waals surface area (Å²) in [5.41, 5.74) is 0.708. The summed E-state index contributed by atoms with van der Waals surface area (Å²) in [5.74, 6) is -0.00656. The van der Waals surface area contributed by atoms with Crippen LogP contribution in [0.25, 0.3) is 0 Å². The molecule has 0 aliphatic carbocycles. The molecule has 2 rings (SSSR count). The summed E-state index contributed by atoms with van der Waals surface area (Å²) in [6.45, 7) is 11.8. The Kier molecular flexibility index (Phi) is 5.73. The minimum absolute atomic E-state index is 0.00656. The Labute approximate surface area is 145 Å². The van der Waals surface area contributed by atoms with Crippen LogP contribution in [0.4, 0.5) is 0 Å². The van der Waals surface area contributed by atoms with Crippen LogP contribution in [0.2, 0.25) is 0 Å². The van der Waals surface area contributed by atoms with Gasteiger partial charge < -0.3 is 18.9 Å². The quantitative estimate of drug-likeness (QED) is 0.748. The number of methoxy groups -OCH3 is 1. The first-order valence-corrected chi connectivity index (χ1v) is 8.45. The van der Waals surface area contributed by atoms with Gasteiger partial charge in [-0.05, 0) is 52.2 Å². The lowest BCUT2D eigenvalue weighted by molar-refractivity contribution is 0.00578. The zero-order chi connectivity index (χ0) is 18.0. The summed E-state index contributed by atoms with van der Waals surface area (Å²) < 4.78 is 17.2. The predicted octanol–water partition coefficient (Wildman–Crippen LogP) is 2.09. The average molecular weight is 333 g/mol. The minimum atomic E-state index is -0.461. The highest BCUT2D eigenvalue weighted by Crippen LogP contribution is 2.36. The third-order valence-electron chi connectivity index (χ3n) is 4.89. The van der Waals surface area contributed by atoms with Gasteiger partial charge in [-0.1, -0.05) is 12.1 Å². The molecule has 1 aromatic rings. The highest BCUT2D eigenvalue weighted by atomic mass is 16.7. The molecule has 0 bridgehead atoms. The van der Waals surface area contributed by atoms with E-state index < -0.39 is 18.3 Å². The van der Waals surface area contributed by atoms with Crippen molar-refractivity contribution < 1.29 is 18.8 Å². The zero-order valence-electron chi connectivity index (χ0n) is 15.6. The first-order valence-electron chi connectivity index (χ1n) is 8.45. The molecule has 6 heteroatoms. The summed E-state index contributed by atoms with van der Waals surface area (Å²) in [5, 5.41) is 0. The molecule has 1 heterocycles. The lowest BCUT2D eigenvalue weighted by Crippen LogP contribution is -2.41. The van der Waals surface area contributed by atoms with Crippen molar-refractivity contribution in [3.05, 3.63) is 29.8 Å². The molecule has 0 spiro atoms. The maximum Gasteiger partial charge on any atom is 0.494 e. The molecular formula is C18H28BNO4. The number of carbonyl (C=O) groups excluding carboxylic acids is 1. The molecule has 5 nitrogen and oxygen atoms in total. The fourth-order valence-electron chi connectivity index (χ4n) is 2.58. The minimum Gasteiger partial charge on any atom is -0.399 e. The Morgan fingerprint density at radius 2 is 1.83 bits per heavy atom. The lowest BCUT2D eigenvalue weighted by atomic mass is 9.78. The molecule has 0 saturated carbocycles. The van der Waals surface area contributed by atoms with E-state index in [4.69, 9.17) is 14.0 Å². The van der Waals surface area contributed by atoms with E-state index in [9.17, 15) is 4.79 Å². The molecule has 0 atom stereocenters. The van der Waals surface area contributed by atoms with Gasteiger partial charge in [0.1, 0.15) is 0 Å². The Morgan fingerprint density at radius 3 is 2.38 bits per heavy atom. The Bertz CT molecular complexity index is 572. The number of carbonyl (C=O) groups is 1. The van der Waals surface area contributed by atoms with E-state index in [1.54, 1.807) is 12.0 Å². The van der Waals surface area contributed by atoms with Gasteiger partial charge in [-0.25, -0.2) is 0 Å². The lowest BCUT2D eigenvalue weighted by Gasteiger charge is -2.32. The number of amides is 1. The van der Waals surface area contributed by atoms with Crippen molar-refractivity contribution in [2.24, 2.45) is 0 Å². The highest BCUT2D eigenvalue weighted by Gasteiger charge is 2.51. The van der Waals surface area contributed by atoms with Crippen molar-refractivity contribution in [3.63, 3.8) is 0 Å². The zero-order valence-corrected chi connectivity index (χ0v) is 15.6. The van der Waals surface area contributed by atoms with E-state index in [1.807, 2.05) is 58.9 Å². The molecule has 0 aromatic heterocycles. The van der Waals surface area contributed by atoms with Crippen LogP contribution in [0.15, 0.2) is 24.3 Å². The topological polar surface area (TPSA) is 48.0 Å². The third-order valence-corrected chi connectivity index (χ3v) is 4.89. The van der Waals surface area contributed by atoms with Crippen molar-refractivity contribution in [3.8, 4) is 0 Å². The van der Waals surface area contributed by atoms with Gasteiger partial charge in [-0.2, -0.15) is 0 Å². The van der Waals surface area contributed by atoms with Gasteiger partial charge in [0.05, 0.1) is 17.8 Å². The van der Waals surface area contributed by atoms with Crippen molar-refractivity contribution in [1.29, 1.82) is 0 Å². The van der Waals surface area contributed by atoms with Gasteiger partial charge in [0.25, 0.3) is 5.91 Å². The molecule has 132 valence electrons. The molecule has 1 aromatic carbocycles. The van der Waals surface area contributed by atoms with Crippen LogP contribution in [0.1, 0.15) is 45.0 Å². The SMILES string of the molecule is CCN(CCOC)C(=O)c1cccc(B2OC(C)(C)C(C)(C)O2)c1. The Morgan fingerprint density at radius 1 is 1.21 bits per heavy atom. The molecule has 1 saturated heterocycles. The van der Waals surface area contributed by atoms with Crippen LogP contribution in [0.3, 0.4) is 0 Å². The highest BCUT2D eigenvalue weighted by molar-refractivity contribution is 6.62. The van der Waals surface area contributed by atoms with Crippen LogP contribution in [-0.4, -0.2) is 55.9 Å². The second-order valence-corrected chi connectivity index (χ2v) is 7.09. The second-order valence-electron chi connectivity index (χ2n) is 7.09. The fourth-order valence-corrected chi connectivity index (χ4v) is 2.58. The molecule has 1 fully saturated rings. The maximum atomic E-state index is 12.7. The van der Waals surface area contributed by atoms with Gasteiger partial charge in [0.2, 0.25) is 0 Å². The number of hydrogen-bond acceptors (Lipinski definition) is 4. The number of rotatable bonds is 6. The molecule has 1 aliphatic heterocycles. The average Bonchev–Trinajstić information content (AvgIpc) is 2.76. The summed E-state index contributed by atoms with van der Waals surface area (Å²) in [7, 11) is 1.17. The van der Waals surface area contributed by atoms with Gasteiger partial charge in [-0.3, -0.25) is 4.79 Å². The summed E-state index contributed by atoms with van der Waals surface area (Å²) in [6.07, 6.45) is 0. The van der Waals surface area contributed by atoms with E-state index in [0.29, 0.717) is 25.3 Å². The van der Waals surface area contributed by atoms with E-state index in [-0.39, 0.29) is 5.91 Å². The largest absolute Gasteiger partial charge is 0.494 e. The van der Waals surface area contributed by atoms with E-state index in [2.05, 4.69) is 0 Å². The third kappa shape index (κ3) is 3.82. The molecular weight excluding hydrogens is 305 g/mol. The van der Waals surface area contributed by atoms with Crippen molar-refractivity contribution in [1.82, 2.24) is 4.90 Å². The summed E-state index contributed by atoms with van der Waals surface area (Å²) in [4.78, 5) is 14.5. The molecule has 1 aliphatic rings. The van der Waals surface area contributed by atoms with Crippen LogP contribution >= 0.6 is 0 Å². The van der Waals surface area contributed by atoms with Gasteiger partial charge >= 0.3 is 7.12 Å². The van der Waals surface area contributed by atoms with Crippen LogP contribution in [-0.2, 0) is 14.0 Å². The first kappa shape index (κ1) is 19.0. The second kappa shape index (κ2) is 7.25. The van der Waals surface area contributed by atoms with E-state index in [0.717, 1.165) is 5.46 Å². The van der Waals surface area contributed by atoms with Crippen LogP contribution in [0.5, 0.6) is 0 Å². The van der Waals surface area contributed by atoms with Crippen LogP contribution in [0, 0.1) is 0 Å². The summed E-state index contributed by atoms with van der Waals surface area (Å²) >= 11 is 0. The molecule has 0 radical (unpaired) electrons. The van der Waals surface area contributed by atoms with E-state index >= 15 is 0 Å². The van der Waals surface area contributed by atoms with Crippen molar-refractivity contribution >= 4 is 18.5 Å². The normalized spacial score (nSPS) is 18.7. The summed E-state index contributed by atoms with van der Waals surface area (Å²) in [6, 6.07) is 7.49. The Balaban J connectivity index is 2.19. The van der Waals surface area contributed by atoms with Crippen molar-refractivity contribution in [2.75, 3.05) is 26.8 Å². The predicted molar refractivity (Wildman–Crippen MR) is 95.6 cm³/mol. The fraction of sp³-hybridized carbons (Fsp3) is 0.611. The van der Waals surface area contributed by atoms with Gasteiger partial charge in [0.15, 0.2) is 0 Å². The number of benzene rings is 1. The Hall–Kier alpha value is -1.37. The monoisotopic (exact) mass is 333 g/mol. The molecule has 24 heavy (non-hydrogen) atoms. The van der Waals surface area contributed by atoms with Gasteiger partial charge in [0, 0.05) is 25.8 Å². The number of ether oxygens (including phenoxy) is 1. The number of hydrogen-bond donors (Lipinski definition) is 0. The number of likely N-dealkylation sites (N-methyl/N-ethyl adjacent to an activating group) is 1. The molecule has 0 N–H and O–H groups in total. The first-order chi connectivity index (χ1) is 11.2. The smallest absolute Gasteiger partial charge is 0.399 e. The van der Waals surface area contributed by atoms with Crippen LogP contribution < -0.4 is 5.46 Å². The van der Waals surface area contributed by atoms with Crippen molar-refractivity contribution in [2.45, 2.75) is 45.8 Å². The number of nitrogens with zero attached hydrogens (tertiary/aromatic N) is 1. The molecule has 0 unspecified atom stereocenters. The standard InChI is InChI=1S/C18H28BNO4/c1-7-20(11-12-22-6)16(21)14-9-8-10-15(13-14)19-23-17(2,3)18(4,5)24-19/h8-10,13H,7,11-12H2,1-6H3. The molecule has 1 amide bonds. The van der Waals surface area contributed by atoms with Gasteiger partial charge in [-0.15, -0.1) is 0 Å². The maximum absolute atomic E-state index is 12.7. The van der Waals surface area contributed by atoms with E-state index in [1.165, 1.54) is 0 Å².